The highest BCUT2D eigenvalue weighted by Gasteiger charge is 2.17. The van der Waals surface area contributed by atoms with Crippen LogP contribution in [-0.2, 0) is 4.79 Å². The second-order valence-electron chi connectivity index (χ2n) is 4.06. The molecule has 2 aromatic heterocycles. The van der Waals surface area contributed by atoms with Crippen LogP contribution in [0.4, 0.5) is 0 Å². The van der Waals surface area contributed by atoms with Crippen LogP contribution in [0, 0.1) is 0 Å². The second-order valence-corrected chi connectivity index (χ2v) is 4.06. The Labute approximate surface area is 105 Å². The molecule has 0 aliphatic rings. The fraction of sp³-hybridized carbons (Fsp3) is 0.333. The number of carbonyl (C=O) groups is 1. The van der Waals surface area contributed by atoms with E-state index in [9.17, 15) is 4.79 Å². The quantitative estimate of drug-likeness (QED) is 0.875. The average Bonchev–Trinajstić information content (AvgIpc) is 2.92. The Morgan fingerprint density at radius 2 is 2.00 bits per heavy atom. The predicted octanol–water partition coefficient (Wildman–Crippen LogP) is 1.11. The fourth-order valence-electron chi connectivity index (χ4n) is 1.61. The molecular weight excluding hydrogens is 230 g/mol. The fourth-order valence-corrected chi connectivity index (χ4v) is 1.61. The third kappa shape index (κ3) is 2.71. The summed E-state index contributed by atoms with van der Waals surface area (Å²) in [7, 11) is 0. The minimum Gasteiger partial charge on any atom is -0.348 e. The normalized spacial score (nSPS) is 13.9. The Balaban J connectivity index is 1.99. The summed E-state index contributed by atoms with van der Waals surface area (Å²) in [6.07, 6.45) is 6.36. The lowest BCUT2D eigenvalue weighted by molar-refractivity contribution is -0.124. The number of hydrogen-bond donors (Lipinski definition) is 1. The molecule has 0 radical (unpaired) electrons. The first kappa shape index (κ1) is 12.2. The summed E-state index contributed by atoms with van der Waals surface area (Å²) in [5.41, 5.74) is 1.02. The van der Waals surface area contributed by atoms with Crippen molar-refractivity contribution in [3.63, 3.8) is 0 Å². The molecule has 0 aromatic carbocycles. The van der Waals surface area contributed by atoms with Crippen molar-refractivity contribution >= 4 is 5.91 Å². The zero-order chi connectivity index (χ0) is 13.0. The molecule has 2 atom stereocenters. The molecule has 2 heterocycles. The average molecular weight is 245 g/mol. The highest BCUT2D eigenvalue weighted by atomic mass is 16.2. The molecule has 18 heavy (non-hydrogen) atoms. The van der Waals surface area contributed by atoms with Crippen molar-refractivity contribution in [3.05, 3.63) is 42.7 Å². The summed E-state index contributed by atoms with van der Waals surface area (Å²) < 4.78 is 1.52. The molecule has 0 aliphatic heterocycles. The Morgan fingerprint density at radius 1 is 1.28 bits per heavy atom. The number of rotatable bonds is 4. The number of carbonyl (C=O) groups excluding carboxylic acids is 1. The summed E-state index contributed by atoms with van der Waals surface area (Å²) in [5, 5.41) is 6.88. The van der Waals surface area contributed by atoms with Crippen molar-refractivity contribution in [1.82, 2.24) is 25.1 Å². The topological polar surface area (TPSA) is 72.7 Å². The van der Waals surface area contributed by atoms with Gasteiger partial charge in [0.1, 0.15) is 18.7 Å². The van der Waals surface area contributed by atoms with Crippen LogP contribution in [0.3, 0.4) is 0 Å². The number of aromatic nitrogens is 4. The number of nitrogens with zero attached hydrogens (tertiary/aromatic N) is 4. The Kier molecular flexibility index (Phi) is 3.66. The molecule has 0 aliphatic carbocycles. The van der Waals surface area contributed by atoms with E-state index in [0.29, 0.717) is 0 Å². The molecular formula is C12H15N5O. The standard InChI is InChI=1S/C12H15N5O/c1-9(11-3-5-13-6-4-11)16-12(18)10(2)17-8-14-7-15-17/h3-10H,1-2H3,(H,16,18)/t9-,10+/m1/s1. The third-order valence-corrected chi connectivity index (χ3v) is 2.78. The molecule has 0 unspecified atom stereocenters. The van der Waals surface area contributed by atoms with Crippen molar-refractivity contribution in [1.29, 1.82) is 0 Å². The maximum atomic E-state index is 12.0. The SMILES string of the molecule is C[C@@H](NC(=O)[C@H](C)n1cncn1)c1ccncc1. The molecule has 94 valence electrons. The van der Waals surface area contributed by atoms with Crippen molar-refractivity contribution in [2.24, 2.45) is 0 Å². The van der Waals surface area contributed by atoms with Gasteiger partial charge in [-0.15, -0.1) is 0 Å². The summed E-state index contributed by atoms with van der Waals surface area (Å²) in [5.74, 6) is -0.0928. The molecule has 0 saturated carbocycles. The van der Waals surface area contributed by atoms with E-state index in [-0.39, 0.29) is 18.0 Å². The van der Waals surface area contributed by atoms with Gasteiger partial charge in [-0.2, -0.15) is 5.10 Å². The smallest absolute Gasteiger partial charge is 0.245 e. The van der Waals surface area contributed by atoms with E-state index in [1.165, 1.54) is 17.3 Å². The van der Waals surface area contributed by atoms with Gasteiger partial charge in [0.2, 0.25) is 5.91 Å². The predicted molar refractivity (Wildman–Crippen MR) is 65.5 cm³/mol. The highest BCUT2D eigenvalue weighted by molar-refractivity contribution is 5.80. The first-order chi connectivity index (χ1) is 8.68. The van der Waals surface area contributed by atoms with E-state index in [4.69, 9.17) is 0 Å². The summed E-state index contributed by atoms with van der Waals surface area (Å²) >= 11 is 0. The molecule has 0 bridgehead atoms. The van der Waals surface area contributed by atoms with E-state index in [0.717, 1.165) is 5.56 Å². The van der Waals surface area contributed by atoms with Crippen LogP contribution in [0.2, 0.25) is 0 Å². The monoisotopic (exact) mass is 245 g/mol. The zero-order valence-electron chi connectivity index (χ0n) is 10.3. The van der Waals surface area contributed by atoms with Gasteiger partial charge in [-0.25, -0.2) is 9.67 Å². The van der Waals surface area contributed by atoms with E-state index in [2.05, 4.69) is 20.4 Å². The van der Waals surface area contributed by atoms with Gasteiger partial charge in [0, 0.05) is 12.4 Å². The van der Waals surface area contributed by atoms with Crippen molar-refractivity contribution in [3.8, 4) is 0 Å². The van der Waals surface area contributed by atoms with E-state index in [1.54, 1.807) is 19.3 Å². The van der Waals surface area contributed by atoms with Gasteiger partial charge >= 0.3 is 0 Å². The van der Waals surface area contributed by atoms with Crippen LogP contribution in [0.25, 0.3) is 0 Å². The maximum absolute atomic E-state index is 12.0. The van der Waals surface area contributed by atoms with Crippen LogP contribution in [0.15, 0.2) is 37.2 Å². The molecule has 6 heteroatoms. The Bertz CT molecular complexity index is 496. The molecule has 1 amide bonds. The molecule has 6 nitrogen and oxygen atoms in total. The van der Waals surface area contributed by atoms with E-state index < -0.39 is 0 Å². The minimum absolute atomic E-state index is 0.0635. The second kappa shape index (κ2) is 5.39. The van der Waals surface area contributed by atoms with Crippen LogP contribution < -0.4 is 5.32 Å². The summed E-state index contributed by atoms with van der Waals surface area (Å²) in [6, 6.07) is 3.32. The highest BCUT2D eigenvalue weighted by Crippen LogP contribution is 2.12. The Hall–Kier alpha value is -2.24. The molecule has 1 N–H and O–H groups in total. The summed E-state index contributed by atoms with van der Waals surface area (Å²) in [4.78, 5) is 19.8. The van der Waals surface area contributed by atoms with Crippen LogP contribution in [0.5, 0.6) is 0 Å². The van der Waals surface area contributed by atoms with Gasteiger partial charge in [-0.1, -0.05) is 0 Å². The lowest BCUT2D eigenvalue weighted by Crippen LogP contribution is -2.33. The number of hydrogen-bond acceptors (Lipinski definition) is 4. The lowest BCUT2D eigenvalue weighted by Gasteiger charge is -2.17. The largest absolute Gasteiger partial charge is 0.348 e. The van der Waals surface area contributed by atoms with Gasteiger partial charge in [0.15, 0.2) is 0 Å². The molecule has 2 aromatic rings. The number of nitrogens with one attached hydrogen (secondary N) is 1. The minimum atomic E-state index is -0.378. The van der Waals surface area contributed by atoms with Gasteiger partial charge in [0.25, 0.3) is 0 Å². The van der Waals surface area contributed by atoms with Crippen molar-refractivity contribution < 1.29 is 4.79 Å². The van der Waals surface area contributed by atoms with Crippen LogP contribution in [0.1, 0.15) is 31.5 Å². The van der Waals surface area contributed by atoms with Gasteiger partial charge in [-0.05, 0) is 31.5 Å². The van der Waals surface area contributed by atoms with Crippen LogP contribution >= 0.6 is 0 Å². The van der Waals surface area contributed by atoms with E-state index in [1.807, 2.05) is 19.1 Å². The Morgan fingerprint density at radius 3 is 2.61 bits per heavy atom. The third-order valence-electron chi connectivity index (χ3n) is 2.78. The maximum Gasteiger partial charge on any atom is 0.245 e. The summed E-state index contributed by atoms with van der Waals surface area (Å²) in [6.45, 7) is 3.71. The molecule has 0 saturated heterocycles. The zero-order valence-corrected chi connectivity index (χ0v) is 10.3. The van der Waals surface area contributed by atoms with E-state index >= 15 is 0 Å². The van der Waals surface area contributed by atoms with Gasteiger partial charge in [-0.3, -0.25) is 9.78 Å². The van der Waals surface area contributed by atoms with Gasteiger partial charge in [0.05, 0.1) is 6.04 Å². The van der Waals surface area contributed by atoms with Crippen molar-refractivity contribution in [2.45, 2.75) is 25.9 Å². The molecule has 0 fully saturated rings. The van der Waals surface area contributed by atoms with Crippen LogP contribution in [-0.4, -0.2) is 25.7 Å². The van der Waals surface area contributed by atoms with Gasteiger partial charge < -0.3 is 5.32 Å². The number of amides is 1. The lowest BCUT2D eigenvalue weighted by atomic mass is 10.1. The molecule has 0 spiro atoms. The first-order valence-corrected chi connectivity index (χ1v) is 5.73. The number of pyridine rings is 1. The first-order valence-electron chi connectivity index (χ1n) is 5.73. The molecule has 2 rings (SSSR count). The van der Waals surface area contributed by atoms with Crippen molar-refractivity contribution in [2.75, 3.05) is 0 Å².